The Kier molecular flexibility index (Phi) is 5.65. The molecule has 23 heavy (non-hydrogen) atoms. The molecule has 0 fully saturated rings. The van der Waals surface area contributed by atoms with Gasteiger partial charge in [0.25, 0.3) is 0 Å². The van der Waals surface area contributed by atoms with Gasteiger partial charge < -0.3 is 14.6 Å². The average molecular weight is 332 g/mol. The molecule has 120 valence electrons. The Morgan fingerprint density at radius 2 is 1.83 bits per heavy atom. The Morgan fingerprint density at radius 1 is 1.13 bits per heavy atom. The highest BCUT2D eigenvalue weighted by Gasteiger charge is 2.19. The van der Waals surface area contributed by atoms with E-state index in [1.165, 1.54) is 31.0 Å². The van der Waals surface area contributed by atoms with Crippen LogP contribution >= 0.6 is 11.8 Å². The molecule has 1 N–H and O–H groups in total. The van der Waals surface area contributed by atoms with Crippen LogP contribution in [0.5, 0.6) is 11.5 Å². The van der Waals surface area contributed by atoms with Crippen molar-refractivity contribution in [2.75, 3.05) is 13.4 Å². The van der Waals surface area contributed by atoms with E-state index < -0.39 is 11.9 Å². The van der Waals surface area contributed by atoms with Gasteiger partial charge in [0.1, 0.15) is 0 Å². The van der Waals surface area contributed by atoms with Crippen molar-refractivity contribution in [3.05, 3.63) is 59.2 Å². The van der Waals surface area contributed by atoms with Crippen molar-refractivity contribution < 1.29 is 24.2 Å². The number of methoxy groups -OCH3 is 1. The maximum absolute atomic E-state index is 12.3. The Morgan fingerprint density at radius 3 is 2.39 bits per heavy atom. The summed E-state index contributed by atoms with van der Waals surface area (Å²) in [4.78, 5) is 23.5. The van der Waals surface area contributed by atoms with Gasteiger partial charge >= 0.3 is 11.9 Å². The summed E-state index contributed by atoms with van der Waals surface area (Å²) in [5.74, 6) is -0.616. The van der Waals surface area contributed by atoms with Gasteiger partial charge in [0.15, 0.2) is 11.5 Å². The van der Waals surface area contributed by atoms with Crippen LogP contribution < -0.4 is 9.47 Å². The zero-order chi connectivity index (χ0) is 16.8. The van der Waals surface area contributed by atoms with E-state index in [4.69, 9.17) is 9.47 Å². The summed E-state index contributed by atoms with van der Waals surface area (Å²) in [5.41, 5.74) is 1.09. The molecular formula is C17H16O5S. The van der Waals surface area contributed by atoms with Crippen molar-refractivity contribution in [3.8, 4) is 11.5 Å². The van der Waals surface area contributed by atoms with E-state index in [2.05, 4.69) is 0 Å². The van der Waals surface area contributed by atoms with Crippen molar-refractivity contribution in [3.63, 3.8) is 0 Å². The first-order valence-electron chi connectivity index (χ1n) is 6.77. The predicted molar refractivity (Wildman–Crippen MR) is 88.6 cm³/mol. The van der Waals surface area contributed by atoms with Crippen LogP contribution in [0, 0.1) is 0 Å². The van der Waals surface area contributed by atoms with Crippen molar-refractivity contribution in [1.82, 2.24) is 0 Å². The Hall–Kier alpha value is -2.47. The van der Waals surface area contributed by atoms with Gasteiger partial charge in [-0.25, -0.2) is 9.59 Å². The predicted octanol–water partition coefficient (Wildman–Crippen LogP) is 3.48. The molecular weight excluding hydrogens is 316 g/mol. The van der Waals surface area contributed by atoms with Crippen LogP contribution in [0.2, 0.25) is 0 Å². The van der Waals surface area contributed by atoms with Crippen LogP contribution in [0.3, 0.4) is 0 Å². The zero-order valence-corrected chi connectivity index (χ0v) is 13.6. The number of hydrogen-bond donors (Lipinski definition) is 1. The molecule has 2 aromatic rings. The SMILES string of the molecule is COc1cc(C(=O)O)cc(CSC)c1OC(=O)c1ccccc1. The van der Waals surface area contributed by atoms with Crippen LogP contribution in [0.15, 0.2) is 42.5 Å². The van der Waals surface area contributed by atoms with E-state index in [0.717, 1.165) is 0 Å². The minimum Gasteiger partial charge on any atom is -0.493 e. The molecule has 5 nitrogen and oxygen atoms in total. The van der Waals surface area contributed by atoms with Gasteiger partial charge in [-0.2, -0.15) is 11.8 Å². The molecule has 0 unspecified atom stereocenters. The molecule has 0 saturated carbocycles. The van der Waals surface area contributed by atoms with E-state index >= 15 is 0 Å². The number of aromatic carboxylic acids is 1. The standard InChI is InChI=1S/C17H16O5S/c1-21-14-9-12(16(18)19)8-13(10-23-2)15(14)22-17(20)11-6-4-3-5-7-11/h3-9H,10H2,1-2H3,(H,18,19). The largest absolute Gasteiger partial charge is 0.493 e. The molecule has 0 amide bonds. The van der Waals surface area contributed by atoms with Gasteiger partial charge in [0, 0.05) is 11.3 Å². The molecule has 0 saturated heterocycles. The lowest BCUT2D eigenvalue weighted by Gasteiger charge is -2.14. The summed E-state index contributed by atoms with van der Waals surface area (Å²) < 4.78 is 10.7. The van der Waals surface area contributed by atoms with Crippen LogP contribution in [-0.2, 0) is 5.75 Å². The normalized spacial score (nSPS) is 10.2. The van der Waals surface area contributed by atoms with E-state index in [1.54, 1.807) is 30.3 Å². The van der Waals surface area contributed by atoms with Crippen LogP contribution in [0.1, 0.15) is 26.3 Å². The van der Waals surface area contributed by atoms with Gasteiger partial charge in [-0.15, -0.1) is 0 Å². The molecule has 0 aromatic heterocycles. The Labute approximate surface area is 138 Å². The average Bonchev–Trinajstić information content (AvgIpc) is 2.56. The molecule has 0 bridgehead atoms. The maximum atomic E-state index is 12.3. The van der Waals surface area contributed by atoms with E-state index in [1.807, 2.05) is 6.26 Å². The minimum absolute atomic E-state index is 0.0883. The van der Waals surface area contributed by atoms with Gasteiger partial charge in [-0.3, -0.25) is 0 Å². The number of hydrogen-bond acceptors (Lipinski definition) is 5. The van der Waals surface area contributed by atoms with E-state index in [-0.39, 0.29) is 17.1 Å². The third kappa shape index (κ3) is 4.04. The highest BCUT2D eigenvalue weighted by Crippen LogP contribution is 2.35. The summed E-state index contributed by atoms with van der Waals surface area (Å²) in [6, 6.07) is 11.4. The number of esters is 1. The molecule has 0 spiro atoms. The number of rotatable bonds is 6. The molecule has 2 aromatic carbocycles. The molecule has 2 rings (SSSR count). The summed E-state index contributed by atoms with van der Waals surface area (Å²) in [6.45, 7) is 0. The second kappa shape index (κ2) is 7.69. The number of carbonyl (C=O) groups excluding carboxylic acids is 1. The maximum Gasteiger partial charge on any atom is 0.343 e. The van der Waals surface area contributed by atoms with Crippen molar-refractivity contribution >= 4 is 23.7 Å². The fourth-order valence-electron chi connectivity index (χ4n) is 2.04. The summed E-state index contributed by atoms with van der Waals surface area (Å²) >= 11 is 1.49. The van der Waals surface area contributed by atoms with E-state index in [0.29, 0.717) is 16.9 Å². The molecule has 0 atom stereocenters. The molecule has 6 heteroatoms. The second-order valence-corrected chi connectivity index (χ2v) is 5.53. The zero-order valence-electron chi connectivity index (χ0n) is 12.7. The molecule has 0 aliphatic heterocycles. The molecule has 0 radical (unpaired) electrons. The van der Waals surface area contributed by atoms with Crippen molar-refractivity contribution in [1.29, 1.82) is 0 Å². The van der Waals surface area contributed by atoms with Gasteiger partial charge in [0.05, 0.1) is 18.2 Å². The monoisotopic (exact) mass is 332 g/mol. The van der Waals surface area contributed by atoms with Crippen molar-refractivity contribution in [2.24, 2.45) is 0 Å². The topological polar surface area (TPSA) is 72.8 Å². The first-order chi connectivity index (χ1) is 11.1. The first-order valence-corrected chi connectivity index (χ1v) is 8.16. The highest BCUT2D eigenvalue weighted by molar-refractivity contribution is 7.97. The van der Waals surface area contributed by atoms with Crippen LogP contribution in [0.25, 0.3) is 0 Å². The van der Waals surface area contributed by atoms with Gasteiger partial charge in [-0.05, 0) is 30.5 Å². The second-order valence-electron chi connectivity index (χ2n) is 4.66. The lowest BCUT2D eigenvalue weighted by atomic mass is 10.1. The number of carboxylic acid groups (broad SMARTS) is 1. The third-order valence-electron chi connectivity index (χ3n) is 3.10. The fraction of sp³-hybridized carbons (Fsp3) is 0.176. The highest BCUT2D eigenvalue weighted by atomic mass is 32.2. The van der Waals surface area contributed by atoms with Gasteiger partial charge in [-0.1, -0.05) is 18.2 Å². The smallest absolute Gasteiger partial charge is 0.343 e. The first kappa shape index (κ1) is 16.9. The molecule has 0 heterocycles. The summed E-state index contributed by atoms with van der Waals surface area (Å²) in [7, 11) is 1.41. The lowest BCUT2D eigenvalue weighted by Crippen LogP contribution is -2.11. The number of carbonyl (C=O) groups is 2. The fourth-order valence-corrected chi connectivity index (χ4v) is 2.56. The number of ether oxygens (including phenoxy) is 2. The number of thioether (sulfide) groups is 1. The van der Waals surface area contributed by atoms with Crippen LogP contribution in [0.4, 0.5) is 0 Å². The minimum atomic E-state index is -1.06. The quantitative estimate of drug-likeness (QED) is 0.645. The molecule has 0 aliphatic carbocycles. The summed E-state index contributed by atoms with van der Waals surface area (Å²) in [6.07, 6.45) is 1.88. The van der Waals surface area contributed by atoms with Crippen LogP contribution in [-0.4, -0.2) is 30.4 Å². The number of carboxylic acids is 1. The Bertz CT molecular complexity index is 712. The lowest BCUT2D eigenvalue weighted by molar-refractivity contribution is 0.0696. The molecule has 0 aliphatic rings. The Balaban J connectivity index is 2.43. The van der Waals surface area contributed by atoms with Gasteiger partial charge in [0.2, 0.25) is 0 Å². The van der Waals surface area contributed by atoms with E-state index in [9.17, 15) is 14.7 Å². The number of benzene rings is 2. The summed E-state index contributed by atoms with van der Waals surface area (Å²) in [5, 5.41) is 9.18. The van der Waals surface area contributed by atoms with Crippen molar-refractivity contribution in [2.45, 2.75) is 5.75 Å². The third-order valence-corrected chi connectivity index (χ3v) is 3.70.